The molecule has 0 amide bonds. The summed E-state index contributed by atoms with van der Waals surface area (Å²) in [7, 11) is 1.75. The molecule has 4 nitrogen and oxygen atoms in total. The van der Waals surface area contributed by atoms with Crippen LogP contribution in [0.2, 0.25) is 0 Å². The number of nitrogens with zero attached hydrogens (tertiary/aromatic N) is 3. The highest BCUT2D eigenvalue weighted by Gasteiger charge is 2.12. The van der Waals surface area contributed by atoms with Gasteiger partial charge in [0.2, 0.25) is 0 Å². The van der Waals surface area contributed by atoms with Crippen LogP contribution >= 0.6 is 0 Å². The second-order valence-electron chi connectivity index (χ2n) is 3.93. The molecule has 1 heterocycles. The molecule has 0 bridgehead atoms. The van der Waals surface area contributed by atoms with E-state index >= 15 is 0 Å². The maximum atomic E-state index is 9.03. The standard InChI is InChI=1S/C13H14N4/c1-17-13(15)11(9-14)12(16-17)8-7-10-5-3-2-4-6-10/h2-6H,7-8,15H2,1H3. The Kier molecular flexibility index (Phi) is 3.10. The fraction of sp³-hybridized carbons (Fsp3) is 0.231. The Hall–Kier alpha value is -2.28. The fourth-order valence-corrected chi connectivity index (χ4v) is 1.80. The highest BCUT2D eigenvalue weighted by molar-refractivity contribution is 5.52. The maximum absolute atomic E-state index is 9.03. The Morgan fingerprint density at radius 1 is 1.29 bits per heavy atom. The van der Waals surface area contributed by atoms with Crippen molar-refractivity contribution in [1.82, 2.24) is 9.78 Å². The number of nitrogens with two attached hydrogens (primary N) is 1. The topological polar surface area (TPSA) is 67.6 Å². The van der Waals surface area contributed by atoms with Gasteiger partial charge in [-0.05, 0) is 18.4 Å². The van der Waals surface area contributed by atoms with E-state index < -0.39 is 0 Å². The molecular formula is C13H14N4. The number of nitrogen functional groups attached to an aromatic ring is 1. The number of rotatable bonds is 3. The average molecular weight is 226 g/mol. The quantitative estimate of drug-likeness (QED) is 0.865. The molecule has 17 heavy (non-hydrogen) atoms. The minimum Gasteiger partial charge on any atom is -0.383 e. The lowest BCUT2D eigenvalue weighted by Gasteiger charge is -1.98. The highest BCUT2D eigenvalue weighted by atomic mass is 15.3. The first-order valence-electron chi connectivity index (χ1n) is 5.47. The fourth-order valence-electron chi connectivity index (χ4n) is 1.80. The van der Waals surface area contributed by atoms with Gasteiger partial charge in [-0.25, -0.2) is 0 Å². The van der Waals surface area contributed by atoms with Crippen LogP contribution in [0.4, 0.5) is 5.82 Å². The zero-order chi connectivity index (χ0) is 12.3. The van der Waals surface area contributed by atoms with Gasteiger partial charge < -0.3 is 5.73 Å². The molecule has 4 heteroatoms. The third-order valence-electron chi connectivity index (χ3n) is 2.77. The number of aromatic nitrogens is 2. The van der Waals surface area contributed by atoms with Gasteiger partial charge >= 0.3 is 0 Å². The summed E-state index contributed by atoms with van der Waals surface area (Å²) in [5.41, 5.74) is 8.28. The summed E-state index contributed by atoms with van der Waals surface area (Å²) in [6.45, 7) is 0. The van der Waals surface area contributed by atoms with E-state index in [9.17, 15) is 0 Å². The Morgan fingerprint density at radius 2 is 2.00 bits per heavy atom. The second-order valence-corrected chi connectivity index (χ2v) is 3.93. The molecular weight excluding hydrogens is 212 g/mol. The zero-order valence-electron chi connectivity index (χ0n) is 9.72. The zero-order valence-corrected chi connectivity index (χ0v) is 9.72. The second kappa shape index (κ2) is 4.71. The van der Waals surface area contributed by atoms with Gasteiger partial charge in [0.15, 0.2) is 0 Å². The molecule has 0 aliphatic carbocycles. The lowest BCUT2D eigenvalue weighted by molar-refractivity contribution is 0.745. The third kappa shape index (κ3) is 2.28. The average Bonchev–Trinajstić information content (AvgIpc) is 2.63. The van der Waals surface area contributed by atoms with E-state index in [2.05, 4.69) is 23.3 Å². The van der Waals surface area contributed by atoms with Crippen molar-refractivity contribution in [2.45, 2.75) is 12.8 Å². The monoisotopic (exact) mass is 226 g/mol. The van der Waals surface area contributed by atoms with Crippen LogP contribution in [0.15, 0.2) is 30.3 Å². The summed E-state index contributed by atoms with van der Waals surface area (Å²) in [6, 6.07) is 12.3. The van der Waals surface area contributed by atoms with Gasteiger partial charge in [-0.1, -0.05) is 30.3 Å². The first-order valence-corrected chi connectivity index (χ1v) is 5.47. The number of aryl methyl sites for hydroxylation is 3. The largest absolute Gasteiger partial charge is 0.383 e. The van der Waals surface area contributed by atoms with Crippen LogP contribution in [0.25, 0.3) is 0 Å². The van der Waals surface area contributed by atoms with Gasteiger partial charge in [-0.2, -0.15) is 10.4 Å². The van der Waals surface area contributed by atoms with Gasteiger partial charge in [0.25, 0.3) is 0 Å². The Labute approximate surface area is 100 Å². The van der Waals surface area contributed by atoms with Crippen molar-refractivity contribution in [3.8, 4) is 6.07 Å². The van der Waals surface area contributed by atoms with Crippen LogP contribution in [-0.2, 0) is 19.9 Å². The Morgan fingerprint density at radius 3 is 2.65 bits per heavy atom. The molecule has 0 saturated carbocycles. The number of nitriles is 1. The van der Waals surface area contributed by atoms with Crippen LogP contribution in [-0.4, -0.2) is 9.78 Å². The van der Waals surface area contributed by atoms with Crippen molar-refractivity contribution >= 4 is 5.82 Å². The van der Waals surface area contributed by atoms with Gasteiger partial charge in [0.05, 0.1) is 5.69 Å². The van der Waals surface area contributed by atoms with E-state index in [1.165, 1.54) is 5.56 Å². The Bertz CT molecular complexity index is 549. The predicted octanol–water partition coefficient (Wildman–Crippen LogP) is 1.66. The van der Waals surface area contributed by atoms with Crippen molar-refractivity contribution < 1.29 is 0 Å². The number of hydrogen-bond donors (Lipinski definition) is 1. The molecule has 0 fully saturated rings. The van der Waals surface area contributed by atoms with E-state index in [4.69, 9.17) is 11.0 Å². The van der Waals surface area contributed by atoms with Crippen LogP contribution in [0, 0.1) is 11.3 Å². The molecule has 0 unspecified atom stereocenters. The molecule has 1 aromatic carbocycles. The summed E-state index contributed by atoms with van der Waals surface area (Å²) in [5.74, 6) is 0.440. The predicted molar refractivity (Wildman–Crippen MR) is 66.2 cm³/mol. The van der Waals surface area contributed by atoms with Crippen LogP contribution in [0.3, 0.4) is 0 Å². The minimum atomic E-state index is 0.440. The van der Waals surface area contributed by atoms with Gasteiger partial charge in [-0.15, -0.1) is 0 Å². The van der Waals surface area contributed by atoms with E-state index in [1.807, 2.05) is 18.2 Å². The van der Waals surface area contributed by atoms with Crippen molar-refractivity contribution in [3.05, 3.63) is 47.2 Å². The molecule has 0 atom stereocenters. The SMILES string of the molecule is Cn1nc(CCc2ccccc2)c(C#N)c1N. The van der Waals surface area contributed by atoms with Crippen molar-refractivity contribution in [3.63, 3.8) is 0 Å². The molecule has 0 aliphatic rings. The minimum absolute atomic E-state index is 0.440. The van der Waals surface area contributed by atoms with Gasteiger partial charge in [-0.3, -0.25) is 4.68 Å². The lowest BCUT2D eigenvalue weighted by atomic mass is 10.1. The van der Waals surface area contributed by atoms with E-state index in [1.54, 1.807) is 11.7 Å². The summed E-state index contributed by atoms with van der Waals surface area (Å²) in [6.07, 6.45) is 1.60. The van der Waals surface area contributed by atoms with Crippen molar-refractivity contribution in [2.24, 2.45) is 7.05 Å². The number of hydrogen-bond acceptors (Lipinski definition) is 3. The molecule has 0 saturated heterocycles. The number of anilines is 1. The summed E-state index contributed by atoms with van der Waals surface area (Å²) >= 11 is 0. The molecule has 2 rings (SSSR count). The smallest absolute Gasteiger partial charge is 0.139 e. The number of benzene rings is 1. The lowest BCUT2D eigenvalue weighted by Crippen LogP contribution is -1.98. The Balaban J connectivity index is 2.15. The summed E-state index contributed by atoms with van der Waals surface area (Å²) in [4.78, 5) is 0. The first-order chi connectivity index (χ1) is 8.22. The van der Waals surface area contributed by atoms with Crippen molar-refractivity contribution in [1.29, 1.82) is 5.26 Å². The third-order valence-corrected chi connectivity index (χ3v) is 2.77. The molecule has 0 spiro atoms. The first kappa shape index (κ1) is 11.2. The summed E-state index contributed by atoms with van der Waals surface area (Å²) in [5, 5.41) is 13.3. The van der Waals surface area contributed by atoms with Gasteiger partial charge in [0.1, 0.15) is 17.5 Å². The van der Waals surface area contributed by atoms with Crippen LogP contribution in [0.5, 0.6) is 0 Å². The maximum Gasteiger partial charge on any atom is 0.139 e. The molecule has 2 aromatic rings. The van der Waals surface area contributed by atoms with Crippen LogP contribution < -0.4 is 5.73 Å². The van der Waals surface area contributed by atoms with Crippen molar-refractivity contribution in [2.75, 3.05) is 5.73 Å². The molecule has 86 valence electrons. The van der Waals surface area contributed by atoms with E-state index in [0.29, 0.717) is 11.4 Å². The molecule has 1 aromatic heterocycles. The molecule has 0 radical (unpaired) electrons. The van der Waals surface area contributed by atoms with E-state index in [-0.39, 0.29) is 0 Å². The molecule has 2 N–H and O–H groups in total. The summed E-state index contributed by atoms with van der Waals surface area (Å²) < 4.78 is 1.55. The van der Waals surface area contributed by atoms with Gasteiger partial charge in [0, 0.05) is 7.05 Å². The highest BCUT2D eigenvalue weighted by Crippen LogP contribution is 2.16. The molecule has 0 aliphatic heterocycles. The van der Waals surface area contributed by atoms with E-state index in [0.717, 1.165) is 18.5 Å². The van der Waals surface area contributed by atoms with Crippen LogP contribution in [0.1, 0.15) is 16.8 Å². The normalized spacial score (nSPS) is 10.1.